The standard InChI is InChI=1S/C7H11NS.C2H2O4/c8-4-1-2-7-3-5-9-6-7;3-1(4)2(5)6/h3,5-6H,1-2,4,8H2;(H,3,4)(H,5,6). The van der Waals surface area contributed by atoms with Gasteiger partial charge in [-0.1, -0.05) is 0 Å². The number of nitrogens with two attached hydrogens (primary N) is 1. The predicted octanol–water partition coefficient (Wildman–Crippen LogP) is 0.795. The zero-order valence-corrected chi connectivity index (χ0v) is 8.87. The number of hydrogen-bond donors (Lipinski definition) is 3. The van der Waals surface area contributed by atoms with Gasteiger partial charge >= 0.3 is 11.9 Å². The summed E-state index contributed by atoms with van der Waals surface area (Å²) in [6, 6.07) is 2.15. The van der Waals surface area contributed by atoms with Crippen molar-refractivity contribution in [1.29, 1.82) is 0 Å². The van der Waals surface area contributed by atoms with Gasteiger partial charge < -0.3 is 15.9 Å². The normalized spacial score (nSPS) is 8.87. The van der Waals surface area contributed by atoms with E-state index in [0.717, 1.165) is 19.4 Å². The zero-order chi connectivity index (χ0) is 11.7. The highest BCUT2D eigenvalue weighted by Crippen LogP contribution is 2.07. The highest BCUT2D eigenvalue weighted by molar-refractivity contribution is 7.07. The van der Waals surface area contributed by atoms with Gasteiger partial charge in [0.25, 0.3) is 0 Å². The maximum absolute atomic E-state index is 9.10. The number of aliphatic carboxylic acids is 2. The van der Waals surface area contributed by atoms with Crippen molar-refractivity contribution in [3.05, 3.63) is 22.4 Å². The van der Waals surface area contributed by atoms with Crippen molar-refractivity contribution in [2.24, 2.45) is 5.73 Å². The minimum absolute atomic E-state index is 0.801. The molecule has 0 unspecified atom stereocenters. The van der Waals surface area contributed by atoms with Crippen LogP contribution in [0.15, 0.2) is 16.8 Å². The minimum Gasteiger partial charge on any atom is -0.473 e. The highest BCUT2D eigenvalue weighted by Gasteiger charge is 2.04. The van der Waals surface area contributed by atoms with E-state index in [2.05, 4.69) is 16.8 Å². The molecule has 0 amide bonds. The monoisotopic (exact) mass is 231 g/mol. The lowest BCUT2D eigenvalue weighted by Crippen LogP contribution is -2.09. The first-order valence-corrected chi connectivity index (χ1v) is 5.19. The number of hydrogen-bond acceptors (Lipinski definition) is 4. The van der Waals surface area contributed by atoms with Gasteiger partial charge in [0.1, 0.15) is 0 Å². The molecule has 4 N–H and O–H groups in total. The summed E-state index contributed by atoms with van der Waals surface area (Å²) in [6.07, 6.45) is 2.25. The number of carboxylic acids is 2. The molecule has 15 heavy (non-hydrogen) atoms. The average Bonchev–Trinajstić information content (AvgIpc) is 2.68. The molecule has 1 aromatic heterocycles. The smallest absolute Gasteiger partial charge is 0.414 e. The summed E-state index contributed by atoms with van der Waals surface area (Å²) < 4.78 is 0. The Labute approximate surface area is 91.2 Å². The SMILES string of the molecule is NCCCc1ccsc1.O=C(O)C(=O)O. The molecule has 0 spiro atoms. The van der Waals surface area contributed by atoms with Crippen molar-refractivity contribution in [3.8, 4) is 0 Å². The molecule has 0 aliphatic rings. The number of carbonyl (C=O) groups is 2. The van der Waals surface area contributed by atoms with Gasteiger partial charge in [-0.05, 0) is 41.8 Å². The van der Waals surface area contributed by atoms with Crippen LogP contribution in [0.3, 0.4) is 0 Å². The van der Waals surface area contributed by atoms with Gasteiger partial charge in [-0.25, -0.2) is 9.59 Å². The Bertz CT molecular complexity index is 285. The fraction of sp³-hybridized carbons (Fsp3) is 0.333. The lowest BCUT2D eigenvalue weighted by Gasteiger charge is -1.91. The first-order valence-electron chi connectivity index (χ1n) is 4.25. The third-order valence-corrected chi connectivity index (χ3v) is 2.16. The lowest BCUT2D eigenvalue weighted by molar-refractivity contribution is -0.159. The van der Waals surface area contributed by atoms with Gasteiger partial charge in [0.2, 0.25) is 0 Å². The predicted molar refractivity (Wildman–Crippen MR) is 57.0 cm³/mol. The summed E-state index contributed by atoms with van der Waals surface area (Å²) in [5, 5.41) is 19.1. The van der Waals surface area contributed by atoms with E-state index in [1.807, 2.05) is 0 Å². The maximum atomic E-state index is 9.10. The van der Waals surface area contributed by atoms with Gasteiger partial charge in [-0.15, -0.1) is 0 Å². The fourth-order valence-electron chi connectivity index (χ4n) is 0.741. The summed E-state index contributed by atoms with van der Waals surface area (Å²) >= 11 is 1.75. The Morgan fingerprint density at radius 1 is 1.33 bits per heavy atom. The van der Waals surface area contributed by atoms with Crippen molar-refractivity contribution < 1.29 is 19.8 Å². The van der Waals surface area contributed by atoms with Crippen molar-refractivity contribution in [2.75, 3.05) is 6.54 Å². The molecule has 0 saturated heterocycles. The molecule has 0 radical (unpaired) electrons. The second kappa shape index (κ2) is 7.95. The van der Waals surface area contributed by atoms with Crippen LogP contribution in [0, 0.1) is 0 Å². The number of carboxylic acid groups (broad SMARTS) is 2. The molecule has 0 aliphatic carbocycles. The molecule has 6 heteroatoms. The van der Waals surface area contributed by atoms with Crippen LogP contribution >= 0.6 is 11.3 Å². The van der Waals surface area contributed by atoms with E-state index in [9.17, 15) is 0 Å². The largest absolute Gasteiger partial charge is 0.473 e. The minimum atomic E-state index is -1.82. The van der Waals surface area contributed by atoms with Crippen molar-refractivity contribution in [1.82, 2.24) is 0 Å². The zero-order valence-electron chi connectivity index (χ0n) is 8.05. The molecule has 0 aliphatic heterocycles. The Kier molecular flexibility index (Phi) is 7.21. The highest BCUT2D eigenvalue weighted by atomic mass is 32.1. The molecule has 0 saturated carbocycles. The van der Waals surface area contributed by atoms with Crippen LogP contribution in [0.5, 0.6) is 0 Å². The topological polar surface area (TPSA) is 101 Å². The van der Waals surface area contributed by atoms with Crippen LogP contribution in [0.4, 0.5) is 0 Å². The number of aryl methyl sites for hydroxylation is 1. The molecule has 0 bridgehead atoms. The van der Waals surface area contributed by atoms with E-state index in [0.29, 0.717) is 0 Å². The van der Waals surface area contributed by atoms with E-state index in [4.69, 9.17) is 25.5 Å². The Morgan fingerprint density at radius 2 is 1.93 bits per heavy atom. The maximum Gasteiger partial charge on any atom is 0.414 e. The van der Waals surface area contributed by atoms with Crippen molar-refractivity contribution in [2.45, 2.75) is 12.8 Å². The first-order chi connectivity index (χ1) is 7.07. The summed E-state index contributed by atoms with van der Waals surface area (Å²) in [4.78, 5) is 18.2. The summed E-state index contributed by atoms with van der Waals surface area (Å²) in [5.74, 6) is -3.65. The van der Waals surface area contributed by atoms with Crippen LogP contribution in [0.1, 0.15) is 12.0 Å². The molecule has 1 aromatic rings. The molecular formula is C9H13NO4S. The Morgan fingerprint density at radius 3 is 2.27 bits per heavy atom. The first kappa shape index (κ1) is 13.6. The van der Waals surface area contributed by atoms with E-state index >= 15 is 0 Å². The quantitative estimate of drug-likeness (QED) is 0.668. The Hall–Kier alpha value is -1.40. The molecule has 84 valence electrons. The van der Waals surface area contributed by atoms with Crippen molar-refractivity contribution in [3.63, 3.8) is 0 Å². The average molecular weight is 231 g/mol. The lowest BCUT2D eigenvalue weighted by atomic mass is 10.2. The van der Waals surface area contributed by atoms with E-state index in [1.165, 1.54) is 5.56 Å². The van der Waals surface area contributed by atoms with Gasteiger partial charge in [-0.3, -0.25) is 0 Å². The second-order valence-corrected chi connectivity index (χ2v) is 3.41. The fourth-order valence-corrected chi connectivity index (χ4v) is 1.44. The van der Waals surface area contributed by atoms with E-state index in [-0.39, 0.29) is 0 Å². The summed E-state index contributed by atoms with van der Waals surface area (Å²) in [5.41, 5.74) is 6.77. The third-order valence-electron chi connectivity index (χ3n) is 1.43. The molecule has 0 fully saturated rings. The van der Waals surface area contributed by atoms with Gasteiger partial charge in [0.15, 0.2) is 0 Å². The second-order valence-electron chi connectivity index (χ2n) is 2.63. The molecular weight excluding hydrogens is 218 g/mol. The molecule has 0 atom stereocenters. The third kappa shape index (κ3) is 7.65. The van der Waals surface area contributed by atoms with Gasteiger partial charge in [-0.2, -0.15) is 11.3 Å². The molecule has 1 rings (SSSR count). The summed E-state index contributed by atoms with van der Waals surface area (Å²) in [6.45, 7) is 0.801. The molecule has 0 aromatic carbocycles. The van der Waals surface area contributed by atoms with Gasteiger partial charge in [0.05, 0.1) is 0 Å². The summed E-state index contributed by atoms with van der Waals surface area (Å²) in [7, 11) is 0. The van der Waals surface area contributed by atoms with Crippen LogP contribution in [0.25, 0.3) is 0 Å². The van der Waals surface area contributed by atoms with Crippen molar-refractivity contribution >= 4 is 23.3 Å². The van der Waals surface area contributed by atoms with Crippen LogP contribution < -0.4 is 5.73 Å². The van der Waals surface area contributed by atoms with Crippen LogP contribution in [-0.4, -0.2) is 28.7 Å². The van der Waals surface area contributed by atoms with Crippen LogP contribution in [0.2, 0.25) is 0 Å². The number of thiophene rings is 1. The molecule has 5 nitrogen and oxygen atoms in total. The van der Waals surface area contributed by atoms with E-state index in [1.54, 1.807) is 11.3 Å². The number of rotatable bonds is 3. The molecule has 1 heterocycles. The van der Waals surface area contributed by atoms with Gasteiger partial charge in [0, 0.05) is 0 Å². The Balaban J connectivity index is 0.000000288. The van der Waals surface area contributed by atoms with Crippen LogP contribution in [-0.2, 0) is 16.0 Å². The van der Waals surface area contributed by atoms with E-state index < -0.39 is 11.9 Å².